The maximum atomic E-state index is 13.5. The highest BCUT2D eigenvalue weighted by Gasteiger charge is 2.30. The van der Waals surface area contributed by atoms with Crippen molar-refractivity contribution in [3.05, 3.63) is 101 Å². The third kappa shape index (κ3) is 7.44. The summed E-state index contributed by atoms with van der Waals surface area (Å²) >= 11 is 0. The zero-order chi connectivity index (χ0) is 25.4. The van der Waals surface area contributed by atoms with Gasteiger partial charge in [0.15, 0.2) is 6.61 Å². The summed E-state index contributed by atoms with van der Waals surface area (Å²) in [5.41, 5.74) is 4.32. The molecule has 0 spiro atoms. The molecule has 1 N–H and O–H groups in total. The zero-order valence-electron chi connectivity index (χ0n) is 21.4. The van der Waals surface area contributed by atoms with Gasteiger partial charge in [-0.2, -0.15) is 0 Å². The van der Waals surface area contributed by atoms with Crippen LogP contribution in [0.5, 0.6) is 5.75 Å². The van der Waals surface area contributed by atoms with E-state index in [4.69, 9.17) is 4.74 Å². The quantitative estimate of drug-likeness (QED) is 0.474. The Morgan fingerprint density at radius 1 is 0.886 bits per heavy atom. The van der Waals surface area contributed by atoms with Crippen LogP contribution in [0, 0.1) is 6.92 Å². The van der Waals surface area contributed by atoms with Gasteiger partial charge in [0.05, 0.1) is 0 Å². The second kappa shape index (κ2) is 11.7. The van der Waals surface area contributed by atoms with E-state index in [0.717, 1.165) is 16.7 Å². The maximum Gasteiger partial charge on any atom is 0.261 e. The minimum Gasteiger partial charge on any atom is -0.484 e. The molecule has 35 heavy (non-hydrogen) atoms. The molecule has 0 aliphatic rings. The topological polar surface area (TPSA) is 58.6 Å². The normalized spacial score (nSPS) is 12.0. The van der Waals surface area contributed by atoms with Crippen molar-refractivity contribution in [3.8, 4) is 5.75 Å². The van der Waals surface area contributed by atoms with Gasteiger partial charge < -0.3 is 15.0 Å². The van der Waals surface area contributed by atoms with Gasteiger partial charge in [-0.3, -0.25) is 9.59 Å². The number of ether oxygens (including phenoxy) is 1. The van der Waals surface area contributed by atoms with E-state index in [0.29, 0.717) is 18.7 Å². The fourth-order valence-corrected chi connectivity index (χ4v) is 3.89. The lowest BCUT2D eigenvalue weighted by Crippen LogP contribution is -2.51. The first-order valence-corrected chi connectivity index (χ1v) is 12.0. The smallest absolute Gasteiger partial charge is 0.261 e. The molecule has 3 rings (SSSR count). The van der Waals surface area contributed by atoms with Crippen LogP contribution in [0.2, 0.25) is 0 Å². The third-order valence-electron chi connectivity index (χ3n) is 6.07. The van der Waals surface area contributed by atoms with Crippen LogP contribution in [-0.2, 0) is 28.0 Å². The summed E-state index contributed by atoms with van der Waals surface area (Å²) in [6.07, 6.45) is 0.415. The summed E-state index contributed by atoms with van der Waals surface area (Å²) in [5.74, 6) is 0.181. The fraction of sp³-hybridized carbons (Fsp3) is 0.333. The van der Waals surface area contributed by atoms with Gasteiger partial charge in [0.1, 0.15) is 11.8 Å². The number of carbonyl (C=O) groups excluding carboxylic acids is 2. The molecule has 0 saturated heterocycles. The molecule has 0 aromatic heterocycles. The van der Waals surface area contributed by atoms with E-state index in [1.807, 2.05) is 85.8 Å². The van der Waals surface area contributed by atoms with E-state index in [1.165, 1.54) is 5.56 Å². The van der Waals surface area contributed by atoms with Gasteiger partial charge in [0, 0.05) is 20.0 Å². The van der Waals surface area contributed by atoms with E-state index < -0.39 is 6.04 Å². The summed E-state index contributed by atoms with van der Waals surface area (Å²) in [5, 5.41) is 2.74. The standard InChI is InChI=1S/C30H36N2O3/c1-22-11-13-24(14-12-22)20-32(27(29(34)31-5)19-23-9-7-6-8-10-23)28(33)21-35-26-17-15-25(16-18-26)30(2,3)4/h6-18,27H,19-21H2,1-5H3,(H,31,34). The lowest BCUT2D eigenvalue weighted by molar-refractivity contribution is -0.142. The van der Waals surface area contributed by atoms with Crippen molar-refractivity contribution in [1.29, 1.82) is 0 Å². The summed E-state index contributed by atoms with van der Waals surface area (Å²) in [6, 6.07) is 24.9. The first kappa shape index (κ1) is 26.0. The van der Waals surface area contributed by atoms with Gasteiger partial charge in [-0.15, -0.1) is 0 Å². The number of hydrogen-bond donors (Lipinski definition) is 1. The van der Waals surface area contributed by atoms with Crippen molar-refractivity contribution in [3.63, 3.8) is 0 Å². The SMILES string of the molecule is CNC(=O)C(Cc1ccccc1)N(Cc1ccc(C)cc1)C(=O)COc1ccc(C(C)(C)C)cc1. The summed E-state index contributed by atoms with van der Waals surface area (Å²) in [6.45, 7) is 8.65. The Morgan fingerprint density at radius 3 is 2.09 bits per heavy atom. The number of benzene rings is 3. The molecule has 0 bridgehead atoms. The zero-order valence-corrected chi connectivity index (χ0v) is 21.4. The van der Waals surface area contributed by atoms with Crippen LogP contribution in [0.4, 0.5) is 0 Å². The largest absolute Gasteiger partial charge is 0.484 e. The average Bonchev–Trinajstić information content (AvgIpc) is 2.85. The molecule has 3 aromatic carbocycles. The Kier molecular flexibility index (Phi) is 8.69. The molecule has 0 saturated carbocycles. The molecule has 1 atom stereocenters. The molecule has 5 nitrogen and oxygen atoms in total. The summed E-state index contributed by atoms with van der Waals surface area (Å²) in [7, 11) is 1.60. The molecule has 0 aliphatic carbocycles. The summed E-state index contributed by atoms with van der Waals surface area (Å²) < 4.78 is 5.86. The molecule has 5 heteroatoms. The van der Waals surface area contributed by atoms with Crippen LogP contribution in [0.1, 0.15) is 43.0 Å². The molecule has 1 unspecified atom stereocenters. The van der Waals surface area contributed by atoms with Crippen LogP contribution in [0.15, 0.2) is 78.9 Å². The van der Waals surface area contributed by atoms with Crippen molar-refractivity contribution < 1.29 is 14.3 Å². The van der Waals surface area contributed by atoms with Crippen molar-refractivity contribution in [2.24, 2.45) is 0 Å². The third-order valence-corrected chi connectivity index (χ3v) is 6.07. The van der Waals surface area contributed by atoms with Crippen LogP contribution in [0.3, 0.4) is 0 Å². The van der Waals surface area contributed by atoms with Crippen LogP contribution < -0.4 is 10.1 Å². The van der Waals surface area contributed by atoms with Gasteiger partial charge in [-0.05, 0) is 41.2 Å². The van der Waals surface area contributed by atoms with E-state index in [1.54, 1.807) is 11.9 Å². The van der Waals surface area contributed by atoms with Crippen LogP contribution >= 0.6 is 0 Å². The van der Waals surface area contributed by atoms with Crippen molar-refractivity contribution in [2.45, 2.75) is 52.1 Å². The lowest BCUT2D eigenvalue weighted by atomic mass is 9.87. The number of hydrogen-bond acceptors (Lipinski definition) is 3. The van der Waals surface area contributed by atoms with E-state index in [2.05, 4.69) is 26.1 Å². The number of likely N-dealkylation sites (N-methyl/N-ethyl adjacent to an activating group) is 1. The first-order chi connectivity index (χ1) is 16.7. The number of amides is 2. The highest BCUT2D eigenvalue weighted by atomic mass is 16.5. The summed E-state index contributed by atoms with van der Waals surface area (Å²) in [4.78, 5) is 28.1. The van der Waals surface area contributed by atoms with Gasteiger partial charge in [-0.25, -0.2) is 0 Å². The van der Waals surface area contributed by atoms with Crippen molar-refractivity contribution >= 4 is 11.8 Å². The Labute approximate surface area is 209 Å². The Hall–Kier alpha value is -3.60. The molecular formula is C30H36N2O3. The Bertz CT molecular complexity index is 1100. The van der Waals surface area contributed by atoms with Crippen LogP contribution in [-0.4, -0.2) is 36.4 Å². The van der Waals surface area contributed by atoms with E-state index >= 15 is 0 Å². The lowest BCUT2D eigenvalue weighted by Gasteiger charge is -2.31. The molecular weight excluding hydrogens is 436 g/mol. The first-order valence-electron chi connectivity index (χ1n) is 12.0. The van der Waals surface area contributed by atoms with Gasteiger partial charge in [0.25, 0.3) is 5.91 Å². The van der Waals surface area contributed by atoms with Crippen LogP contribution in [0.25, 0.3) is 0 Å². The second-order valence-corrected chi connectivity index (χ2v) is 9.89. The Balaban J connectivity index is 1.83. The highest BCUT2D eigenvalue weighted by molar-refractivity contribution is 5.88. The molecule has 2 amide bonds. The monoisotopic (exact) mass is 472 g/mol. The molecule has 0 radical (unpaired) electrons. The van der Waals surface area contributed by atoms with E-state index in [-0.39, 0.29) is 23.8 Å². The number of aryl methyl sites for hydroxylation is 1. The molecule has 3 aromatic rings. The average molecular weight is 473 g/mol. The molecule has 184 valence electrons. The van der Waals surface area contributed by atoms with Gasteiger partial charge in [0.2, 0.25) is 5.91 Å². The number of carbonyl (C=O) groups is 2. The van der Waals surface area contributed by atoms with E-state index in [9.17, 15) is 9.59 Å². The van der Waals surface area contributed by atoms with Crippen molar-refractivity contribution in [1.82, 2.24) is 10.2 Å². The number of nitrogens with one attached hydrogen (secondary N) is 1. The Morgan fingerprint density at radius 2 is 1.51 bits per heavy atom. The molecule has 0 fully saturated rings. The van der Waals surface area contributed by atoms with Gasteiger partial charge >= 0.3 is 0 Å². The minimum atomic E-state index is -0.664. The number of rotatable bonds is 9. The highest BCUT2D eigenvalue weighted by Crippen LogP contribution is 2.24. The predicted octanol–water partition coefficient (Wildman–Crippen LogP) is 5.06. The number of nitrogens with zero attached hydrogens (tertiary/aromatic N) is 1. The second-order valence-electron chi connectivity index (χ2n) is 9.89. The minimum absolute atomic E-state index is 0.0390. The molecule has 0 heterocycles. The molecule has 0 aliphatic heterocycles. The predicted molar refractivity (Wildman–Crippen MR) is 140 cm³/mol. The maximum absolute atomic E-state index is 13.5. The van der Waals surface area contributed by atoms with Crippen molar-refractivity contribution in [2.75, 3.05) is 13.7 Å². The van der Waals surface area contributed by atoms with Gasteiger partial charge in [-0.1, -0.05) is 93.1 Å². The fourth-order valence-electron chi connectivity index (χ4n) is 3.89.